The molecule has 1 aromatic heterocycles. The second-order valence-electron chi connectivity index (χ2n) is 5.44. The topological polar surface area (TPSA) is 85.4 Å². The summed E-state index contributed by atoms with van der Waals surface area (Å²) in [5, 5.41) is 3.65. The molecule has 3 aromatic rings. The third kappa shape index (κ3) is 2.53. The Bertz CT molecular complexity index is 1070. The van der Waals surface area contributed by atoms with Crippen LogP contribution in [0.2, 0.25) is 0 Å². The van der Waals surface area contributed by atoms with Crippen molar-refractivity contribution in [2.75, 3.05) is 11.6 Å². The smallest absolute Gasteiger partial charge is 0.340 e. The number of anilines is 1. The SMILES string of the molecule is CS(=O)(=O)c1ccc2nc(NC3OC(=O)c4ccccc43)sc2c1. The Kier molecular flexibility index (Phi) is 3.33. The minimum absolute atomic E-state index is 0.253. The standard InChI is InChI=1S/C16H12N2O4S2/c1-24(20,21)9-6-7-12-13(8-9)23-16(17-12)18-14-10-4-2-3-5-11(10)15(19)22-14/h2-8,14H,1H3,(H,17,18). The molecule has 1 aliphatic heterocycles. The van der Waals surface area contributed by atoms with Crippen molar-refractivity contribution in [2.45, 2.75) is 11.1 Å². The molecule has 8 heteroatoms. The molecule has 0 bridgehead atoms. The van der Waals surface area contributed by atoms with Gasteiger partial charge in [-0.05, 0) is 24.3 Å². The van der Waals surface area contributed by atoms with Gasteiger partial charge in [-0.2, -0.15) is 0 Å². The van der Waals surface area contributed by atoms with Gasteiger partial charge >= 0.3 is 5.97 Å². The fourth-order valence-electron chi connectivity index (χ4n) is 2.56. The second-order valence-corrected chi connectivity index (χ2v) is 8.48. The summed E-state index contributed by atoms with van der Waals surface area (Å²) in [6.07, 6.45) is 0.576. The molecule has 1 unspecified atom stereocenters. The lowest BCUT2D eigenvalue weighted by Crippen LogP contribution is -2.09. The van der Waals surface area contributed by atoms with Gasteiger partial charge in [-0.25, -0.2) is 18.2 Å². The van der Waals surface area contributed by atoms with Gasteiger partial charge in [0.25, 0.3) is 0 Å². The number of carbonyl (C=O) groups excluding carboxylic acids is 1. The average Bonchev–Trinajstić information content (AvgIpc) is 3.07. The molecule has 1 aliphatic rings. The molecule has 6 nitrogen and oxygen atoms in total. The summed E-state index contributed by atoms with van der Waals surface area (Å²) in [4.78, 5) is 16.5. The molecule has 1 atom stereocenters. The number of ether oxygens (including phenoxy) is 1. The highest BCUT2D eigenvalue weighted by atomic mass is 32.2. The van der Waals surface area contributed by atoms with Gasteiger partial charge in [-0.3, -0.25) is 0 Å². The van der Waals surface area contributed by atoms with Crippen LogP contribution in [0, 0.1) is 0 Å². The Morgan fingerprint density at radius 1 is 1.21 bits per heavy atom. The number of benzene rings is 2. The van der Waals surface area contributed by atoms with Crippen molar-refractivity contribution in [2.24, 2.45) is 0 Å². The van der Waals surface area contributed by atoms with Gasteiger partial charge < -0.3 is 10.1 Å². The van der Waals surface area contributed by atoms with Crippen LogP contribution in [-0.4, -0.2) is 25.6 Å². The van der Waals surface area contributed by atoms with Crippen molar-refractivity contribution in [1.82, 2.24) is 4.98 Å². The maximum absolute atomic E-state index is 11.8. The van der Waals surface area contributed by atoms with Gasteiger partial charge in [0.2, 0.25) is 6.23 Å². The summed E-state index contributed by atoms with van der Waals surface area (Å²) in [7, 11) is -3.27. The van der Waals surface area contributed by atoms with E-state index in [4.69, 9.17) is 4.74 Å². The Morgan fingerprint density at radius 2 is 2.00 bits per heavy atom. The monoisotopic (exact) mass is 360 g/mol. The number of esters is 1. The fourth-order valence-corrected chi connectivity index (χ4v) is 4.21. The minimum atomic E-state index is -3.27. The molecular formula is C16H12N2O4S2. The van der Waals surface area contributed by atoms with Crippen molar-refractivity contribution in [3.8, 4) is 0 Å². The zero-order valence-corrected chi connectivity index (χ0v) is 14.1. The lowest BCUT2D eigenvalue weighted by molar-refractivity contribution is 0.0437. The quantitative estimate of drug-likeness (QED) is 0.723. The predicted octanol–water partition coefficient (Wildman–Crippen LogP) is 2.98. The molecule has 0 saturated carbocycles. The average molecular weight is 360 g/mol. The van der Waals surface area contributed by atoms with Crippen LogP contribution < -0.4 is 5.32 Å². The van der Waals surface area contributed by atoms with Crippen molar-refractivity contribution in [3.63, 3.8) is 0 Å². The number of carbonyl (C=O) groups is 1. The summed E-state index contributed by atoms with van der Waals surface area (Å²) in [5.74, 6) is -0.372. The van der Waals surface area contributed by atoms with E-state index in [1.54, 1.807) is 24.3 Å². The number of hydrogen-bond donors (Lipinski definition) is 1. The summed E-state index contributed by atoms with van der Waals surface area (Å²) in [5.41, 5.74) is 1.99. The van der Waals surface area contributed by atoms with Crippen LogP contribution >= 0.6 is 11.3 Å². The number of rotatable bonds is 3. The Morgan fingerprint density at radius 3 is 2.79 bits per heavy atom. The van der Waals surface area contributed by atoms with E-state index in [1.807, 2.05) is 12.1 Å². The first-order valence-corrected chi connectivity index (χ1v) is 9.80. The highest BCUT2D eigenvalue weighted by Crippen LogP contribution is 2.34. The van der Waals surface area contributed by atoms with E-state index < -0.39 is 16.1 Å². The maximum Gasteiger partial charge on any atom is 0.340 e. The van der Waals surface area contributed by atoms with Crippen molar-refractivity contribution in [3.05, 3.63) is 53.6 Å². The molecule has 122 valence electrons. The summed E-state index contributed by atoms with van der Waals surface area (Å²) in [6.45, 7) is 0. The number of fused-ring (bicyclic) bond motifs is 2. The predicted molar refractivity (Wildman–Crippen MR) is 91.0 cm³/mol. The van der Waals surface area contributed by atoms with Crippen LogP contribution in [0.15, 0.2) is 47.4 Å². The second kappa shape index (κ2) is 5.29. The lowest BCUT2D eigenvalue weighted by Gasteiger charge is -2.11. The van der Waals surface area contributed by atoms with Crippen LogP contribution in [0.25, 0.3) is 10.2 Å². The number of hydrogen-bond acceptors (Lipinski definition) is 7. The molecule has 0 aliphatic carbocycles. The molecule has 0 spiro atoms. The number of sulfone groups is 1. The number of cyclic esters (lactones) is 1. The van der Waals surface area contributed by atoms with E-state index in [1.165, 1.54) is 23.7 Å². The van der Waals surface area contributed by atoms with Crippen molar-refractivity contribution < 1.29 is 17.9 Å². The normalized spacial score (nSPS) is 16.9. The van der Waals surface area contributed by atoms with Crippen molar-refractivity contribution in [1.29, 1.82) is 0 Å². The molecule has 4 rings (SSSR count). The number of nitrogens with zero attached hydrogens (tertiary/aromatic N) is 1. The molecule has 0 radical (unpaired) electrons. The first-order chi connectivity index (χ1) is 11.4. The Hall–Kier alpha value is -2.45. The summed E-state index contributed by atoms with van der Waals surface area (Å²) < 4.78 is 29.4. The fraction of sp³-hybridized carbons (Fsp3) is 0.125. The van der Waals surface area contributed by atoms with Gasteiger partial charge in [0.05, 0.1) is 20.7 Å². The summed E-state index contributed by atoms with van der Waals surface area (Å²) in [6, 6.07) is 12.0. The van der Waals surface area contributed by atoms with Crippen LogP contribution in [0.1, 0.15) is 22.1 Å². The van der Waals surface area contributed by atoms with Crippen molar-refractivity contribution >= 4 is 42.5 Å². The van der Waals surface area contributed by atoms with Crippen LogP contribution in [0.4, 0.5) is 5.13 Å². The van der Waals surface area contributed by atoms with Gasteiger partial charge in [0.1, 0.15) is 0 Å². The first kappa shape index (κ1) is 15.1. The van der Waals surface area contributed by atoms with Gasteiger partial charge in [-0.15, -0.1) is 0 Å². The number of aromatic nitrogens is 1. The molecule has 0 saturated heterocycles. The van der Waals surface area contributed by atoms with E-state index >= 15 is 0 Å². The van der Waals surface area contributed by atoms with Gasteiger partial charge in [0.15, 0.2) is 15.0 Å². The lowest BCUT2D eigenvalue weighted by atomic mass is 10.1. The number of nitrogens with one attached hydrogen (secondary N) is 1. The molecule has 1 N–H and O–H groups in total. The molecule has 0 fully saturated rings. The number of thiazole rings is 1. The van der Waals surface area contributed by atoms with Gasteiger partial charge in [0, 0.05) is 11.8 Å². The molecular weight excluding hydrogens is 348 g/mol. The Labute approximate surface area is 142 Å². The largest absolute Gasteiger partial charge is 0.434 e. The third-order valence-corrected chi connectivity index (χ3v) is 5.79. The molecule has 0 amide bonds. The van der Waals surface area contributed by atoms with Crippen LogP contribution in [-0.2, 0) is 14.6 Å². The summed E-state index contributed by atoms with van der Waals surface area (Å²) >= 11 is 1.31. The van der Waals surface area contributed by atoms with E-state index in [9.17, 15) is 13.2 Å². The highest BCUT2D eigenvalue weighted by Gasteiger charge is 2.31. The van der Waals surface area contributed by atoms with Crippen LogP contribution in [0.5, 0.6) is 0 Å². The van der Waals surface area contributed by atoms with E-state index in [-0.39, 0.29) is 10.9 Å². The first-order valence-electron chi connectivity index (χ1n) is 7.09. The molecule has 2 heterocycles. The Balaban J connectivity index is 1.68. The van der Waals surface area contributed by atoms with E-state index in [0.29, 0.717) is 16.2 Å². The van der Waals surface area contributed by atoms with Crippen LogP contribution in [0.3, 0.4) is 0 Å². The minimum Gasteiger partial charge on any atom is -0.434 e. The maximum atomic E-state index is 11.8. The van der Waals surface area contributed by atoms with E-state index in [0.717, 1.165) is 10.3 Å². The van der Waals surface area contributed by atoms with E-state index in [2.05, 4.69) is 10.3 Å². The highest BCUT2D eigenvalue weighted by molar-refractivity contribution is 7.90. The van der Waals surface area contributed by atoms with Gasteiger partial charge in [-0.1, -0.05) is 29.5 Å². The zero-order valence-electron chi connectivity index (χ0n) is 12.5. The third-order valence-electron chi connectivity index (χ3n) is 3.73. The molecule has 2 aromatic carbocycles. The zero-order chi connectivity index (χ0) is 16.9. The molecule has 24 heavy (non-hydrogen) atoms.